The smallest absolute Gasteiger partial charge is 0.272 e. The second kappa shape index (κ2) is 16.3. The first kappa shape index (κ1) is 33.8. The van der Waals surface area contributed by atoms with Crippen molar-refractivity contribution in [1.82, 2.24) is 5.32 Å². The van der Waals surface area contributed by atoms with Crippen molar-refractivity contribution < 1.29 is 19.1 Å². The molecule has 248 valence electrons. The summed E-state index contributed by atoms with van der Waals surface area (Å²) in [6.45, 7) is 2.44. The molecule has 1 unspecified atom stereocenters. The summed E-state index contributed by atoms with van der Waals surface area (Å²) in [5.74, 6) is -0.377. The SMILES string of the molecule is CCOc1ccc(/C=C(/NC(=O)c2ccccc2)C(=O)Nc2cccc(SC(C(=O)Nc3cccc4ccccc34)c3ccccc3)c2)cc1. The van der Waals surface area contributed by atoms with E-state index in [0.29, 0.717) is 29.2 Å². The van der Waals surface area contributed by atoms with Crippen molar-refractivity contribution in [2.45, 2.75) is 17.1 Å². The molecule has 50 heavy (non-hydrogen) atoms. The predicted octanol–water partition coefficient (Wildman–Crippen LogP) is 9.12. The van der Waals surface area contributed by atoms with E-state index in [4.69, 9.17) is 4.74 Å². The van der Waals surface area contributed by atoms with E-state index in [1.807, 2.05) is 128 Å². The molecule has 0 spiro atoms. The summed E-state index contributed by atoms with van der Waals surface area (Å²) in [6.07, 6.45) is 1.62. The van der Waals surface area contributed by atoms with Gasteiger partial charge in [0.1, 0.15) is 16.7 Å². The highest BCUT2D eigenvalue weighted by Gasteiger charge is 2.23. The zero-order valence-corrected chi connectivity index (χ0v) is 28.2. The van der Waals surface area contributed by atoms with Gasteiger partial charge in [0.2, 0.25) is 5.91 Å². The molecule has 1 atom stereocenters. The molecule has 0 heterocycles. The van der Waals surface area contributed by atoms with Gasteiger partial charge in [0.25, 0.3) is 11.8 Å². The number of hydrogen-bond acceptors (Lipinski definition) is 5. The van der Waals surface area contributed by atoms with Crippen molar-refractivity contribution in [3.05, 3.63) is 174 Å². The Balaban J connectivity index is 1.24. The lowest BCUT2D eigenvalue weighted by atomic mass is 10.1. The fourth-order valence-electron chi connectivity index (χ4n) is 5.35. The van der Waals surface area contributed by atoms with E-state index in [2.05, 4.69) is 16.0 Å². The van der Waals surface area contributed by atoms with Crippen molar-refractivity contribution in [2.75, 3.05) is 17.2 Å². The highest BCUT2D eigenvalue weighted by atomic mass is 32.2. The van der Waals surface area contributed by atoms with Crippen LogP contribution in [-0.2, 0) is 9.59 Å². The number of fused-ring (bicyclic) bond motifs is 1. The van der Waals surface area contributed by atoms with Gasteiger partial charge in [0.15, 0.2) is 0 Å². The van der Waals surface area contributed by atoms with Crippen LogP contribution in [0, 0.1) is 0 Å². The summed E-state index contributed by atoms with van der Waals surface area (Å²) in [4.78, 5) is 41.5. The number of thioether (sulfide) groups is 1. The lowest BCUT2D eigenvalue weighted by Gasteiger charge is -2.18. The standard InChI is InChI=1S/C42H35N3O4S/c1-2-49-34-25-23-29(24-26-34)27-38(45-40(46)32-16-7-4-8-17-32)41(47)43-33-19-12-20-35(28-33)50-39(31-14-5-3-6-15-31)42(48)44-37-22-11-18-30-13-9-10-21-36(30)37/h3-28,39H,2H2,1H3,(H,43,47)(H,44,48)(H,45,46)/b38-27+. The topological polar surface area (TPSA) is 96.5 Å². The van der Waals surface area contributed by atoms with Crippen LogP contribution in [0.3, 0.4) is 0 Å². The average molecular weight is 678 g/mol. The Kier molecular flexibility index (Phi) is 11.0. The Bertz CT molecular complexity index is 2130. The molecule has 8 heteroatoms. The quantitative estimate of drug-likeness (QED) is 0.0887. The molecule has 0 bridgehead atoms. The van der Waals surface area contributed by atoms with E-state index in [9.17, 15) is 14.4 Å². The Labute approximate surface area is 295 Å². The van der Waals surface area contributed by atoms with E-state index in [1.165, 1.54) is 11.8 Å². The molecule has 0 aliphatic rings. The maximum atomic E-state index is 13.9. The van der Waals surface area contributed by atoms with Gasteiger partial charge >= 0.3 is 0 Å². The molecule has 0 aliphatic heterocycles. The van der Waals surface area contributed by atoms with Crippen molar-refractivity contribution >= 4 is 57.7 Å². The third-order valence-corrected chi connectivity index (χ3v) is 9.01. The molecular formula is C42H35N3O4S. The van der Waals surface area contributed by atoms with Crippen LogP contribution in [-0.4, -0.2) is 24.3 Å². The lowest BCUT2D eigenvalue weighted by molar-refractivity contribution is -0.116. The molecular weight excluding hydrogens is 643 g/mol. The van der Waals surface area contributed by atoms with Gasteiger partial charge in [-0.05, 0) is 78.0 Å². The highest BCUT2D eigenvalue weighted by molar-refractivity contribution is 8.00. The van der Waals surface area contributed by atoms with Crippen LogP contribution in [0.5, 0.6) is 5.75 Å². The number of nitrogens with one attached hydrogen (secondary N) is 3. The number of amides is 3. The van der Waals surface area contributed by atoms with Crippen LogP contribution >= 0.6 is 11.8 Å². The number of rotatable bonds is 12. The van der Waals surface area contributed by atoms with E-state index in [0.717, 1.165) is 26.9 Å². The van der Waals surface area contributed by atoms with Gasteiger partial charge in [-0.25, -0.2) is 0 Å². The van der Waals surface area contributed by atoms with E-state index < -0.39 is 17.1 Å². The summed E-state index contributed by atoms with van der Waals surface area (Å²) in [5, 5.41) is 10.3. The number of anilines is 2. The summed E-state index contributed by atoms with van der Waals surface area (Å²) in [5.41, 5.74) is 3.28. The molecule has 0 fully saturated rings. The van der Waals surface area contributed by atoms with Crippen LogP contribution < -0.4 is 20.7 Å². The molecule has 0 aromatic heterocycles. The third kappa shape index (κ3) is 8.66. The molecule has 6 rings (SSSR count). The van der Waals surface area contributed by atoms with Crippen molar-refractivity contribution in [1.29, 1.82) is 0 Å². The van der Waals surface area contributed by atoms with Gasteiger partial charge in [-0.1, -0.05) is 103 Å². The maximum absolute atomic E-state index is 13.9. The molecule has 3 N–H and O–H groups in total. The second-order valence-corrected chi connectivity index (χ2v) is 12.5. The molecule has 0 saturated heterocycles. The van der Waals surface area contributed by atoms with E-state index in [1.54, 1.807) is 36.4 Å². The Morgan fingerprint density at radius 2 is 1.40 bits per heavy atom. The molecule has 0 aliphatic carbocycles. The van der Waals surface area contributed by atoms with Gasteiger partial charge in [0.05, 0.1) is 6.61 Å². The summed E-state index contributed by atoms with van der Waals surface area (Å²) < 4.78 is 5.55. The number of hydrogen-bond donors (Lipinski definition) is 3. The molecule has 0 saturated carbocycles. The minimum absolute atomic E-state index is 0.0673. The number of ether oxygens (including phenoxy) is 1. The Hall–Kier alpha value is -6.12. The van der Waals surface area contributed by atoms with Crippen LogP contribution in [0.25, 0.3) is 16.8 Å². The van der Waals surface area contributed by atoms with Gasteiger partial charge in [-0.2, -0.15) is 0 Å². The first-order valence-corrected chi connectivity index (χ1v) is 17.1. The number of carbonyl (C=O) groups excluding carboxylic acids is 3. The molecule has 6 aromatic carbocycles. The first-order valence-electron chi connectivity index (χ1n) is 16.2. The normalized spacial score (nSPS) is 11.7. The molecule has 6 aromatic rings. The maximum Gasteiger partial charge on any atom is 0.272 e. The van der Waals surface area contributed by atoms with Crippen LogP contribution in [0.2, 0.25) is 0 Å². The van der Waals surface area contributed by atoms with Crippen LogP contribution in [0.4, 0.5) is 11.4 Å². The Morgan fingerprint density at radius 1 is 0.720 bits per heavy atom. The van der Waals surface area contributed by atoms with Crippen LogP contribution in [0.1, 0.15) is 33.7 Å². The zero-order valence-electron chi connectivity index (χ0n) is 27.3. The van der Waals surface area contributed by atoms with Crippen LogP contribution in [0.15, 0.2) is 162 Å². The van der Waals surface area contributed by atoms with Crippen molar-refractivity contribution in [2.24, 2.45) is 0 Å². The van der Waals surface area contributed by atoms with Gasteiger partial charge in [0, 0.05) is 27.2 Å². The van der Waals surface area contributed by atoms with Gasteiger partial charge in [-0.3, -0.25) is 14.4 Å². The molecule has 7 nitrogen and oxygen atoms in total. The largest absolute Gasteiger partial charge is 0.494 e. The molecule has 0 radical (unpaired) electrons. The monoisotopic (exact) mass is 677 g/mol. The average Bonchev–Trinajstić information content (AvgIpc) is 3.15. The number of carbonyl (C=O) groups is 3. The van der Waals surface area contributed by atoms with Gasteiger partial charge in [-0.15, -0.1) is 11.8 Å². The first-order chi connectivity index (χ1) is 24.5. The van der Waals surface area contributed by atoms with E-state index in [-0.39, 0.29) is 11.6 Å². The van der Waals surface area contributed by atoms with Gasteiger partial charge < -0.3 is 20.7 Å². The zero-order chi connectivity index (χ0) is 34.7. The molecule has 3 amide bonds. The minimum atomic E-state index is -0.582. The fourth-order valence-corrected chi connectivity index (χ4v) is 6.43. The second-order valence-electron chi connectivity index (χ2n) is 11.3. The fraction of sp³-hybridized carbons (Fsp3) is 0.0714. The lowest BCUT2D eigenvalue weighted by Crippen LogP contribution is -2.30. The third-order valence-electron chi connectivity index (χ3n) is 7.76. The minimum Gasteiger partial charge on any atom is -0.494 e. The highest BCUT2D eigenvalue weighted by Crippen LogP contribution is 2.38. The van der Waals surface area contributed by atoms with E-state index >= 15 is 0 Å². The summed E-state index contributed by atoms with van der Waals surface area (Å²) in [6, 6.07) is 46.6. The predicted molar refractivity (Wildman–Crippen MR) is 202 cm³/mol. The Morgan fingerprint density at radius 3 is 2.16 bits per heavy atom. The summed E-state index contributed by atoms with van der Waals surface area (Å²) >= 11 is 1.38. The summed E-state index contributed by atoms with van der Waals surface area (Å²) in [7, 11) is 0. The number of benzene rings is 6. The van der Waals surface area contributed by atoms with Crippen molar-refractivity contribution in [3.8, 4) is 5.75 Å². The van der Waals surface area contributed by atoms with Crippen molar-refractivity contribution in [3.63, 3.8) is 0 Å².